The number of methoxy groups -OCH3 is 1. The van der Waals surface area contributed by atoms with Crippen LogP contribution in [0.5, 0.6) is 17.2 Å². The molecule has 0 unspecified atom stereocenters. The van der Waals surface area contributed by atoms with Gasteiger partial charge in [-0.15, -0.1) is 0 Å². The number of carbonyl (C=O) groups excluding carboxylic acids is 2. The molecule has 0 saturated carbocycles. The van der Waals surface area contributed by atoms with Crippen LogP contribution < -0.4 is 83.5 Å². The van der Waals surface area contributed by atoms with Crippen LogP contribution in [0.2, 0.25) is 0 Å². The predicted molar refractivity (Wildman–Crippen MR) is 141 cm³/mol. The van der Waals surface area contributed by atoms with Crippen LogP contribution in [-0.4, -0.2) is 25.8 Å². The molecule has 0 radical (unpaired) electrons. The number of unbranched alkanes of at least 4 members (excludes halogenated alkanes) is 1. The van der Waals surface area contributed by atoms with Gasteiger partial charge in [-0.05, 0) is 82.8 Å². The average Bonchev–Trinajstić information content (AvgIpc) is 3.53. The number of carboxylic acid groups (broad SMARTS) is 2. The fourth-order valence-electron chi connectivity index (χ4n) is 6.02. The summed E-state index contributed by atoms with van der Waals surface area (Å²) in [7, 11) is 1.55. The minimum Gasteiger partial charge on any atom is -0.550 e. The number of hydrogen-bond acceptors (Lipinski definition) is 7. The Morgan fingerprint density at radius 2 is 1.66 bits per heavy atom. The third kappa shape index (κ3) is 6.82. The van der Waals surface area contributed by atoms with Crippen molar-refractivity contribution in [1.29, 1.82) is 0 Å². The molecule has 1 aliphatic carbocycles. The van der Waals surface area contributed by atoms with Gasteiger partial charge in [0.25, 0.3) is 0 Å². The van der Waals surface area contributed by atoms with Gasteiger partial charge in [0, 0.05) is 29.7 Å². The number of benzene rings is 3. The smallest absolute Gasteiger partial charge is 0.550 e. The zero-order valence-corrected chi connectivity index (χ0v) is 28.4. The minimum atomic E-state index is -1.16. The summed E-state index contributed by atoms with van der Waals surface area (Å²) >= 11 is 0. The van der Waals surface area contributed by atoms with Crippen LogP contribution >= 0.6 is 0 Å². The summed E-state index contributed by atoms with van der Waals surface area (Å²) in [4.78, 5) is 24.7. The fraction of sp³-hybridized carbons (Fsp3) is 0.375. The van der Waals surface area contributed by atoms with Crippen molar-refractivity contribution in [2.75, 3.05) is 13.9 Å². The van der Waals surface area contributed by atoms with E-state index in [1.165, 1.54) is 0 Å². The second kappa shape index (κ2) is 14.5. The Bertz CT molecular complexity index is 1410. The first-order valence-corrected chi connectivity index (χ1v) is 13.4. The van der Waals surface area contributed by atoms with E-state index in [9.17, 15) is 19.8 Å². The van der Waals surface area contributed by atoms with Crippen molar-refractivity contribution in [3.8, 4) is 17.2 Å². The monoisotopic (exact) mass is 573 g/mol. The maximum atomic E-state index is 13.0. The molecule has 204 valence electrons. The molecular weight excluding hydrogens is 541 g/mol. The number of ether oxygens (including phenoxy) is 3. The van der Waals surface area contributed by atoms with Crippen molar-refractivity contribution < 1.29 is 93.1 Å². The van der Waals surface area contributed by atoms with Crippen LogP contribution in [-0.2, 0) is 22.4 Å². The van der Waals surface area contributed by atoms with Crippen molar-refractivity contribution in [2.45, 2.75) is 51.4 Å². The molecule has 5 rings (SSSR count). The standard InChI is InChI=1S/C32H34O7.2Na/c1-4-5-6-19-7-10-24-25(14-19)29(23-11-9-22(37-3)15-21(23)13-18(2)31(33)34)30(32(35)36)28(24)20-8-12-26-27(16-20)39-17-38-26;;/h7-12,14-16,18,28-30H,4-6,13,17H2,1-3H3,(H,33,34)(H,35,36);;/q;2*+1/p-2/t18-,28-,29+,30+;;/m0../s1/i3-1;;. The van der Waals surface area contributed by atoms with E-state index in [-0.39, 0.29) is 72.3 Å². The van der Waals surface area contributed by atoms with E-state index >= 15 is 0 Å². The summed E-state index contributed by atoms with van der Waals surface area (Å²) in [6, 6.07) is 17.3. The van der Waals surface area contributed by atoms with Gasteiger partial charge in [0.05, 0.1) is 7.11 Å². The molecule has 0 amide bonds. The van der Waals surface area contributed by atoms with Gasteiger partial charge >= 0.3 is 59.1 Å². The van der Waals surface area contributed by atoms with Gasteiger partial charge < -0.3 is 34.0 Å². The molecule has 0 N–H and O–H groups in total. The quantitative estimate of drug-likeness (QED) is 0.244. The first kappa shape index (κ1) is 33.5. The molecule has 1 heterocycles. The van der Waals surface area contributed by atoms with E-state index in [0.717, 1.165) is 52.6 Å². The maximum Gasteiger partial charge on any atom is 1.00 e. The number of carboxylic acids is 2. The second-order valence-electron chi connectivity index (χ2n) is 10.5. The number of aliphatic carboxylic acids is 2. The molecule has 0 aromatic heterocycles. The Kier molecular flexibility index (Phi) is 11.8. The zero-order valence-electron chi connectivity index (χ0n) is 24.4. The largest absolute Gasteiger partial charge is 1.00 e. The van der Waals surface area contributed by atoms with Crippen molar-refractivity contribution >= 4 is 11.9 Å². The predicted octanol–water partition coefficient (Wildman–Crippen LogP) is -2.65. The van der Waals surface area contributed by atoms with Crippen molar-refractivity contribution in [2.24, 2.45) is 11.8 Å². The van der Waals surface area contributed by atoms with Gasteiger partial charge in [-0.25, -0.2) is 0 Å². The third-order valence-electron chi connectivity index (χ3n) is 8.00. The topological polar surface area (TPSA) is 108 Å². The Morgan fingerprint density at radius 3 is 2.34 bits per heavy atom. The molecule has 0 bridgehead atoms. The first-order valence-electron chi connectivity index (χ1n) is 13.4. The average molecular weight is 574 g/mol. The maximum absolute atomic E-state index is 13.0. The molecule has 41 heavy (non-hydrogen) atoms. The Morgan fingerprint density at radius 1 is 0.927 bits per heavy atom. The van der Waals surface area contributed by atoms with Gasteiger partial charge in [0.1, 0.15) is 5.75 Å². The van der Waals surface area contributed by atoms with Crippen LogP contribution in [0.3, 0.4) is 0 Å². The SMILES string of the molecule is CCCCc1ccc2c(c1)[C@@H](c1ccc(O[11CH3])cc1C[C@H](C)C(=O)[O-])[C@H](C(=O)[O-])[C@H]2c1ccc2c(c1)OCO2.[Na+].[Na+]. The normalized spacial score (nSPS) is 19.0. The van der Waals surface area contributed by atoms with E-state index in [4.69, 9.17) is 14.2 Å². The van der Waals surface area contributed by atoms with E-state index < -0.39 is 35.6 Å². The number of fused-ring (bicyclic) bond motifs is 2. The van der Waals surface area contributed by atoms with Crippen LogP contribution in [0, 0.1) is 11.8 Å². The Hall–Kier alpha value is -2.00. The van der Waals surface area contributed by atoms with Gasteiger partial charge in [0.2, 0.25) is 6.79 Å². The summed E-state index contributed by atoms with van der Waals surface area (Å²) in [5.74, 6) is -3.26. The fourth-order valence-corrected chi connectivity index (χ4v) is 6.02. The van der Waals surface area contributed by atoms with E-state index in [0.29, 0.717) is 17.2 Å². The van der Waals surface area contributed by atoms with Crippen molar-refractivity contribution in [1.82, 2.24) is 0 Å². The molecule has 1 aliphatic heterocycles. The summed E-state index contributed by atoms with van der Waals surface area (Å²) < 4.78 is 16.5. The van der Waals surface area contributed by atoms with E-state index in [1.807, 2.05) is 30.3 Å². The van der Waals surface area contributed by atoms with Crippen LogP contribution in [0.4, 0.5) is 0 Å². The first-order chi connectivity index (χ1) is 18.8. The van der Waals surface area contributed by atoms with Gasteiger partial charge in [-0.2, -0.15) is 0 Å². The Labute approximate surface area is 285 Å². The molecular formula is C32H32Na2O7. The molecule has 0 saturated heterocycles. The molecule has 0 spiro atoms. The Balaban J connectivity index is 0.00000231. The number of rotatable bonds is 10. The second-order valence-corrected chi connectivity index (χ2v) is 10.5. The summed E-state index contributed by atoms with van der Waals surface area (Å²) in [5, 5.41) is 24.7. The third-order valence-corrected chi connectivity index (χ3v) is 8.00. The number of carbonyl (C=O) groups is 2. The van der Waals surface area contributed by atoms with Crippen molar-refractivity contribution in [3.63, 3.8) is 0 Å². The summed E-state index contributed by atoms with van der Waals surface area (Å²) in [5.41, 5.74) is 5.27. The van der Waals surface area contributed by atoms with Crippen LogP contribution in [0.25, 0.3) is 0 Å². The zero-order chi connectivity index (χ0) is 27.7. The number of hydrogen-bond donors (Lipinski definition) is 0. The molecule has 7 nitrogen and oxygen atoms in total. The number of aryl methyl sites for hydroxylation is 1. The van der Waals surface area contributed by atoms with Gasteiger partial charge in [-0.1, -0.05) is 50.6 Å². The van der Waals surface area contributed by atoms with Crippen LogP contribution in [0.1, 0.15) is 71.9 Å². The summed E-state index contributed by atoms with van der Waals surface area (Å²) in [6.45, 7) is 3.86. The molecule has 4 atom stereocenters. The minimum absolute atomic E-state index is 0. The molecule has 3 aromatic rings. The van der Waals surface area contributed by atoms with Gasteiger partial charge in [0.15, 0.2) is 11.5 Å². The summed E-state index contributed by atoms with van der Waals surface area (Å²) in [6.07, 6.45) is 3.14. The molecule has 0 fully saturated rings. The molecule has 3 aromatic carbocycles. The molecule has 2 aliphatic rings. The molecule has 9 heteroatoms. The van der Waals surface area contributed by atoms with Crippen molar-refractivity contribution in [3.05, 3.63) is 88.0 Å². The van der Waals surface area contributed by atoms with Gasteiger partial charge in [-0.3, -0.25) is 0 Å². The van der Waals surface area contributed by atoms with E-state index in [1.54, 1.807) is 26.2 Å². The van der Waals surface area contributed by atoms with E-state index in [2.05, 4.69) is 19.1 Å². The van der Waals surface area contributed by atoms with Crippen LogP contribution in [0.15, 0.2) is 54.6 Å².